The fraction of sp³-hybridized carbons (Fsp3) is 0.462. The van der Waals surface area contributed by atoms with E-state index in [0.29, 0.717) is 25.7 Å². The standard InChI is InChI=1S/C26H31FO6/c1-26(2,3)33-24(28)18-10-12-19(13-11-18)32-23-14-20(22(30-4)15-21(23)27)25(29)31-16-17-8-6-5-7-9-17/h5-9,14-15,18-19H,10-13,16H2,1-4H3/t18-,19+. The Balaban J connectivity index is 1.64. The molecule has 1 saturated carbocycles. The molecule has 0 amide bonds. The summed E-state index contributed by atoms with van der Waals surface area (Å²) in [7, 11) is 1.36. The zero-order chi connectivity index (χ0) is 24.0. The molecule has 1 fully saturated rings. The Morgan fingerprint density at radius 3 is 2.27 bits per heavy atom. The van der Waals surface area contributed by atoms with E-state index in [1.54, 1.807) is 0 Å². The molecular formula is C26H31FO6. The van der Waals surface area contributed by atoms with Gasteiger partial charge in [0.1, 0.15) is 23.5 Å². The maximum Gasteiger partial charge on any atom is 0.342 e. The van der Waals surface area contributed by atoms with Crippen molar-refractivity contribution in [1.82, 2.24) is 0 Å². The molecule has 0 spiro atoms. The molecule has 33 heavy (non-hydrogen) atoms. The van der Waals surface area contributed by atoms with Gasteiger partial charge in [0.25, 0.3) is 0 Å². The highest BCUT2D eigenvalue weighted by Crippen LogP contribution is 2.33. The fourth-order valence-corrected chi connectivity index (χ4v) is 3.74. The summed E-state index contributed by atoms with van der Waals surface area (Å²) in [5.41, 5.74) is 0.403. The van der Waals surface area contributed by atoms with Crippen LogP contribution in [0.5, 0.6) is 11.5 Å². The van der Waals surface area contributed by atoms with Gasteiger partial charge in [0.05, 0.1) is 19.1 Å². The van der Waals surface area contributed by atoms with Crippen LogP contribution in [0.4, 0.5) is 4.39 Å². The smallest absolute Gasteiger partial charge is 0.342 e. The van der Waals surface area contributed by atoms with Crippen molar-refractivity contribution in [3.05, 3.63) is 59.4 Å². The van der Waals surface area contributed by atoms with E-state index in [1.165, 1.54) is 13.2 Å². The maximum atomic E-state index is 14.6. The van der Waals surface area contributed by atoms with Gasteiger partial charge >= 0.3 is 11.9 Å². The molecule has 0 N–H and O–H groups in total. The molecule has 2 aromatic carbocycles. The predicted molar refractivity (Wildman–Crippen MR) is 121 cm³/mol. The van der Waals surface area contributed by atoms with Crippen molar-refractivity contribution in [3.8, 4) is 11.5 Å². The Bertz CT molecular complexity index is 959. The first-order chi connectivity index (χ1) is 15.7. The van der Waals surface area contributed by atoms with Gasteiger partial charge in [0.2, 0.25) is 0 Å². The number of carbonyl (C=O) groups is 2. The Kier molecular flexibility index (Phi) is 7.95. The molecule has 0 atom stereocenters. The third-order valence-electron chi connectivity index (χ3n) is 5.39. The molecule has 0 unspecified atom stereocenters. The van der Waals surface area contributed by atoms with E-state index in [4.69, 9.17) is 18.9 Å². The summed E-state index contributed by atoms with van der Waals surface area (Å²) in [6, 6.07) is 11.7. The molecule has 6 nitrogen and oxygen atoms in total. The number of hydrogen-bond acceptors (Lipinski definition) is 6. The molecule has 7 heteroatoms. The lowest BCUT2D eigenvalue weighted by Crippen LogP contribution is -2.33. The van der Waals surface area contributed by atoms with Crippen molar-refractivity contribution in [2.24, 2.45) is 5.92 Å². The SMILES string of the molecule is COc1cc(F)c(O[C@H]2CC[C@@H](C(=O)OC(C)(C)C)CC2)cc1C(=O)OCc1ccccc1. The highest BCUT2D eigenvalue weighted by molar-refractivity contribution is 5.93. The summed E-state index contributed by atoms with van der Waals surface area (Å²) in [6.45, 7) is 5.61. The summed E-state index contributed by atoms with van der Waals surface area (Å²) < 4.78 is 36.5. The van der Waals surface area contributed by atoms with Gasteiger partial charge in [-0.2, -0.15) is 0 Å². The summed E-state index contributed by atoms with van der Waals surface area (Å²) in [5, 5.41) is 0. The van der Waals surface area contributed by atoms with Gasteiger partial charge < -0.3 is 18.9 Å². The Morgan fingerprint density at radius 1 is 1.00 bits per heavy atom. The first-order valence-electron chi connectivity index (χ1n) is 11.1. The number of hydrogen-bond donors (Lipinski definition) is 0. The lowest BCUT2D eigenvalue weighted by atomic mass is 9.87. The van der Waals surface area contributed by atoms with Crippen LogP contribution in [0.2, 0.25) is 0 Å². The van der Waals surface area contributed by atoms with Gasteiger partial charge in [-0.05, 0) is 52.0 Å². The van der Waals surface area contributed by atoms with E-state index in [9.17, 15) is 14.0 Å². The summed E-state index contributed by atoms with van der Waals surface area (Å²) >= 11 is 0. The monoisotopic (exact) mass is 458 g/mol. The zero-order valence-corrected chi connectivity index (χ0v) is 19.6. The molecule has 0 saturated heterocycles. The van der Waals surface area contributed by atoms with Gasteiger partial charge in [-0.15, -0.1) is 0 Å². The number of ether oxygens (including phenoxy) is 4. The van der Waals surface area contributed by atoms with E-state index < -0.39 is 17.4 Å². The second-order valence-electron chi connectivity index (χ2n) is 9.17. The van der Waals surface area contributed by atoms with Crippen LogP contribution in [0, 0.1) is 11.7 Å². The van der Waals surface area contributed by atoms with Crippen LogP contribution in [-0.4, -0.2) is 30.8 Å². The van der Waals surface area contributed by atoms with Crippen LogP contribution < -0.4 is 9.47 Å². The third-order valence-corrected chi connectivity index (χ3v) is 5.39. The first kappa shape index (κ1) is 24.6. The number of esters is 2. The predicted octanol–water partition coefficient (Wildman–Crippen LogP) is 5.47. The second kappa shape index (κ2) is 10.7. The Labute approximate surface area is 194 Å². The van der Waals surface area contributed by atoms with Crippen LogP contribution >= 0.6 is 0 Å². The first-order valence-corrected chi connectivity index (χ1v) is 11.1. The van der Waals surface area contributed by atoms with Crippen molar-refractivity contribution >= 4 is 11.9 Å². The summed E-state index contributed by atoms with van der Waals surface area (Å²) in [6.07, 6.45) is 2.11. The highest BCUT2D eigenvalue weighted by Gasteiger charge is 2.31. The van der Waals surface area contributed by atoms with Crippen LogP contribution in [0.15, 0.2) is 42.5 Å². The average Bonchev–Trinajstić information content (AvgIpc) is 2.78. The average molecular weight is 459 g/mol. The lowest BCUT2D eigenvalue weighted by molar-refractivity contribution is -0.161. The van der Waals surface area contributed by atoms with Gasteiger partial charge in [-0.3, -0.25) is 4.79 Å². The second-order valence-corrected chi connectivity index (χ2v) is 9.17. The molecule has 0 aliphatic heterocycles. The number of rotatable bonds is 7. The molecular weight excluding hydrogens is 427 g/mol. The van der Waals surface area contributed by atoms with Crippen molar-refractivity contribution in [2.45, 2.75) is 64.8 Å². The molecule has 2 aromatic rings. The van der Waals surface area contributed by atoms with Crippen LogP contribution in [0.1, 0.15) is 62.4 Å². The Morgan fingerprint density at radius 2 is 1.67 bits per heavy atom. The van der Waals surface area contributed by atoms with Crippen LogP contribution in [0.25, 0.3) is 0 Å². The molecule has 0 heterocycles. The quantitative estimate of drug-likeness (QED) is 0.513. The molecule has 0 radical (unpaired) electrons. The van der Waals surface area contributed by atoms with Crippen molar-refractivity contribution < 1.29 is 32.9 Å². The van der Waals surface area contributed by atoms with E-state index in [-0.39, 0.29) is 41.7 Å². The van der Waals surface area contributed by atoms with Crippen molar-refractivity contribution in [2.75, 3.05) is 7.11 Å². The van der Waals surface area contributed by atoms with Crippen LogP contribution in [-0.2, 0) is 20.9 Å². The van der Waals surface area contributed by atoms with E-state index >= 15 is 0 Å². The minimum Gasteiger partial charge on any atom is -0.496 e. The molecule has 178 valence electrons. The van der Waals surface area contributed by atoms with Gasteiger partial charge in [-0.25, -0.2) is 9.18 Å². The minimum atomic E-state index is -0.630. The fourth-order valence-electron chi connectivity index (χ4n) is 3.74. The summed E-state index contributed by atoms with van der Waals surface area (Å²) in [4.78, 5) is 25.0. The van der Waals surface area contributed by atoms with E-state index in [2.05, 4.69) is 0 Å². The largest absolute Gasteiger partial charge is 0.496 e. The van der Waals surface area contributed by atoms with Crippen molar-refractivity contribution in [3.63, 3.8) is 0 Å². The molecule has 0 aromatic heterocycles. The zero-order valence-electron chi connectivity index (χ0n) is 19.6. The van der Waals surface area contributed by atoms with Crippen molar-refractivity contribution in [1.29, 1.82) is 0 Å². The molecule has 3 rings (SSSR count). The number of benzene rings is 2. The van der Waals surface area contributed by atoms with E-state index in [0.717, 1.165) is 11.6 Å². The molecule has 0 bridgehead atoms. The Hall–Kier alpha value is -3.09. The highest BCUT2D eigenvalue weighted by atomic mass is 19.1. The minimum absolute atomic E-state index is 0.0387. The van der Waals surface area contributed by atoms with E-state index in [1.807, 2.05) is 51.1 Å². The number of halogens is 1. The topological polar surface area (TPSA) is 71.1 Å². The third kappa shape index (κ3) is 6.94. The summed E-state index contributed by atoms with van der Waals surface area (Å²) in [5.74, 6) is -1.61. The molecule has 1 aliphatic rings. The van der Waals surface area contributed by atoms with Gasteiger partial charge in [0, 0.05) is 12.1 Å². The lowest BCUT2D eigenvalue weighted by Gasteiger charge is -2.30. The van der Waals surface area contributed by atoms with Gasteiger partial charge in [-0.1, -0.05) is 30.3 Å². The van der Waals surface area contributed by atoms with Gasteiger partial charge in [0.15, 0.2) is 11.6 Å². The molecule has 1 aliphatic carbocycles. The van der Waals surface area contributed by atoms with Crippen LogP contribution in [0.3, 0.4) is 0 Å². The normalized spacial score (nSPS) is 18.3. The number of methoxy groups -OCH3 is 1. The number of carbonyl (C=O) groups excluding carboxylic acids is 2. The maximum absolute atomic E-state index is 14.6.